The SMILES string of the molecule is NC(N)=NCCC[C@H](NC(=O)[C@@H]1CC(S(=O)(=O)c2ccccc2)CN1C(=O)[C@@H](CCc1ccccc1)NC(=O)OCc1ccccc1)C(=O)c1nc2ccccc2o1. The minimum absolute atomic E-state index is 0.0282. The van der Waals surface area contributed by atoms with Gasteiger partial charge in [-0.25, -0.2) is 18.2 Å². The van der Waals surface area contributed by atoms with Crippen molar-refractivity contribution in [3.63, 3.8) is 0 Å². The topological polar surface area (TPSA) is 229 Å². The van der Waals surface area contributed by atoms with E-state index in [-0.39, 0.29) is 62.1 Å². The highest BCUT2D eigenvalue weighted by Crippen LogP contribution is 2.30. The van der Waals surface area contributed by atoms with Gasteiger partial charge in [0.25, 0.3) is 5.89 Å². The van der Waals surface area contributed by atoms with Gasteiger partial charge in [0.1, 0.15) is 24.2 Å². The molecular weight excluding hydrogens is 763 g/mol. The monoisotopic (exact) mass is 807 g/mol. The summed E-state index contributed by atoms with van der Waals surface area (Å²) < 4.78 is 39.2. The molecule has 1 unspecified atom stereocenters. The van der Waals surface area contributed by atoms with Gasteiger partial charge in [0.2, 0.25) is 17.6 Å². The minimum atomic E-state index is -4.06. The third kappa shape index (κ3) is 10.4. The quantitative estimate of drug-likeness (QED) is 0.0456. The van der Waals surface area contributed by atoms with E-state index in [0.29, 0.717) is 17.5 Å². The van der Waals surface area contributed by atoms with Crippen molar-refractivity contribution < 1.29 is 36.7 Å². The zero-order valence-corrected chi connectivity index (χ0v) is 32.4. The normalized spacial score (nSPS) is 16.2. The van der Waals surface area contributed by atoms with E-state index in [4.69, 9.17) is 20.6 Å². The van der Waals surface area contributed by atoms with E-state index in [1.807, 2.05) is 36.4 Å². The Hall–Kier alpha value is -6.55. The van der Waals surface area contributed by atoms with E-state index in [2.05, 4.69) is 20.6 Å². The van der Waals surface area contributed by atoms with Crippen molar-refractivity contribution >= 4 is 50.6 Å². The fourth-order valence-corrected chi connectivity index (χ4v) is 8.52. The fourth-order valence-electron chi connectivity index (χ4n) is 6.80. The molecule has 6 N–H and O–H groups in total. The highest BCUT2D eigenvalue weighted by molar-refractivity contribution is 7.92. The number of oxazole rings is 1. The number of carbonyl (C=O) groups excluding carboxylic acids is 4. The molecule has 0 aliphatic carbocycles. The number of nitrogens with one attached hydrogen (secondary N) is 2. The molecule has 5 aromatic rings. The van der Waals surface area contributed by atoms with Crippen LogP contribution in [0.15, 0.2) is 130 Å². The summed E-state index contributed by atoms with van der Waals surface area (Å²) in [5.41, 5.74) is 13.4. The molecule has 302 valence electrons. The highest BCUT2D eigenvalue weighted by atomic mass is 32.2. The van der Waals surface area contributed by atoms with Crippen molar-refractivity contribution in [2.24, 2.45) is 16.5 Å². The summed E-state index contributed by atoms with van der Waals surface area (Å²) in [6, 6.07) is 29.1. The maximum Gasteiger partial charge on any atom is 0.408 e. The lowest BCUT2D eigenvalue weighted by atomic mass is 10.0. The number of amides is 3. The Morgan fingerprint density at radius 2 is 1.47 bits per heavy atom. The summed E-state index contributed by atoms with van der Waals surface area (Å²) in [7, 11) is -4.06. The second kappa shape index (κ2) is 19.1. The average molecular weight is 808 g/mol. The number of alkyl carbamates (subject to hydrolysis) is 1. The maximum absolute atomic E-state index is 14.7. The zero-order valence-electron chi connectivity index (χ0n) is 31.6. The average Bonchev–Trinajstić information content (AvgIpc) is 3.90. The minimum Gasteiger partial charge on any atom is -0.445 e. The number of para-hydroxylation sites is 2. The second-order valence-corrected chi connectivity index (χ2v) is 16.1. The van der Waals surface area contributed by atoms with Crippen LogP contribution in [0.5, 0.6) is 0 Å². The number of hydrogen-bond acceptors (Lipinski definition) is 10. The molecule has 1 saturated heterocycles. The lowest BCUT2D eigenvalue weighted by Gasteiger charge is -2.29. The molecule has 0 spiro atoms. The van der Waals surface area contributed by atoms with Gasteiger partial charge in [-0.15, -0.1) is 0 Å². The molecule has 0 radical (unpaired) electrons. The van der Waals surface area contributed by atoms with Crippen LogP contribution >= 0.6 is 0 Å². The van der Waals surface area contributed by atoms with Crippen LogP contribution in [0, 0.1) is 0 Å². The van der Waals surface area contributed by atoms with Crippen LogP contribution in [0.25, 0.3) is 11.1 Å². The van der Waals surface area contributed by atoms with Crippen molar-refractivity contribution in [1.82, 2.24) is 20.5 Å². The summed E-state index contributed by atoms with van der Waals surface area (Å²) in [5, 5.41) is 4.24. The number of sulfone groups is 1. The van der Waals surface area contributed by atoms with Crippen LogP contribution in [-0.2, 0) is 37.2 Å². The number of nitrogens with zero attached hydrogens (tertiary/aromatic N) is 3. The smallest absolute Gasteiger partial charge is 0.408 e. The van der Waals surface area contributed by atoms with Gasteiger partial charge in [-0.3, -0.25) is 19.4 Å². The molecule has 58 heavy (non-hydrogen) atoms. The molecule has 16 heteroatoms. The van der Waals surface area contributed by atoms with Gasteiger partial charge in [0, 0.05) is 13.1 Å². The molecule has 3 amide bonds. The molecule has 1 aliphatic heterocycles. The summed E-state index contributed by atoms with van der Waals surface area (Å²) in [4.78, 5) is 65.7. The standard InChI is InChI=1S/C42H45N7O8S/c43-41(44)45-24-12-20-33(37(50)39-47-32-19-10-11-21-36(32)57-39)46-38(51)35-25-31(58(54,55)30-17-8-3-9-18-30)26-49(35)40(52)34(23-22-28-13-4-1-5-14-28)48-42(53)56-27-29-15-6-2-7-16-29/h1-11,13-19,21,31,33-35H,12,20,22-27H2,(H,46,51)(H,48,53)(H4,43,44,45)/t31?,33-,34+,35-/m0/s1. The van der Waals surface area contributed by atoms with Gasteiger partial charge < -0.3 is 36.2 Å². The fraction of sp³-hybridized carbons (Fsp3) is 0.286. The summed E-state index contributed by atoms with van der Waals surface area (Å²) in [5.74, 6) is -2.48. The highest BCUT2D eigenvalue weighted by Gasteiger charge is 2.47. The van der Waals surface area contributed by atoms with E-state index < -0.39 is 56.9 Å². The molecule has 15 nitrogen and oxygen atoms in total. The molecule has 6 rings (SSSR count). The number of carbonyl (C=O) groups is 4. The Balaban J connectivity index is 1.29. The Morgan fingerprint density at radius 3 is 2.14 bits per heavy atom. The third-order valence-electron chi connectivity index (χ3n) is 9.81. The number of nitrogens with two attached hydrogens (primary N) is 2. The van der Waals surface area contributed by atoms with E-state index in [1.54, 1.807) is 66.7 Å². The predicted octanol–water partition coefficient (Wildman–Crippen LogP) is 3.92. The summed E-state index contributed by atoms with van der Waals surface area (Å²) >= 11 is 0. The third-order valence-corrected chi connectivity index (χ3v) is 12.0. The van der Waals surface area contributed by atoms with Crippen molar-refractivity contribution in [3.8, 4) is 0 Å². The van der Waals surface area contributed by atoms with Gasteiger partial charge in [-0.05, 0) is 67.5 Å². The molecule has 0 bridgehead atoms. The zero-order chi connectivity index (χ0) is 41.1. The first-order valence-corrected chi connectivity index (χ1v) is 20.4. The van der Waals surface area contributed by atoms with Gasteiger partial charge in [0.15, 0.2) is 21.4 Å². The van der Waals surface area contributed by atoms with Crippen molar-refractivity contribution in [1.29, 1.82) is 0 Å². The number of rotatable bonds is 17. The van der Waals surface area contributed by atoms with Gasteiger partial charge >= 0.3 is 6.09 Å². The molecule has 0 saturated carbocycles. The maximum atomic E-state index is 14.7. The van der Waals surface area contributed by atoms with E-state index >= 15 is 0 Å². The number of benzene rings is 4. The number of ether oxygens (including phenoxy) is 1. The van der Waals surface area contributed by atoms with Gasteiger partial charge in [-0.1, -0.05) is 91.0 Å². The molecule has 1 fully saturated rings. The number of fused-ring (bicyclic) bond motifs is 1. The predicted molar refractivity (Wildman–Crippen MR) is 216 cm³/mol. The Bertz CT molecular complexity index is 2300. The molecule has 1 aliphatic rings. The molecule has 4 atom stereocenters. The number of Topliss-reactive ketones (excluding diaryl/α,β-unsaturated/α-hetero) is 1. The summed E-state index contributed by atoms with van der Waals surface area (Å²) in [6.07, 6.45) is -0.355. The Labute approximate surface area is 335 Å². The Kier molecular flexibility index (Phi) is 13.5. The van der Waals surface area contributed by atoms with Crippen LogP contribution in [0.2, 0.25) is 0 Å². The van der Waals surface area contributed by atoms with Gasteiger partial charge in [-0.2, -0.15) is 0 Å². The Morgan fingerprint density at radius 1 is 0.828 bits per heavy atom. The first-order valence-electron chi connectivity index (χ1n) is 18.9. The first kappa shape index (κ1) is 41.1. The number of aromatic nitrogens is 1. The number of ketones is 1. The first-order chi connectivity index (χ1) is 28.0. The molecule has 2 heterocycles. The molecular formula is C42H45N7O8S. The van der Waals surface area contributed by atoms with E-state index in [0.717, 1.165) is 11.1 Å². The van der Waals surface area contributed by atoms with Crippen molar-refractivity contribution in [2.45, 2.75) is 67.0 Å². The lowest BCUT2D eigenvalue weighted by molar-refractivity contribution is -0.140. The summed E-state index contributed by atoms with van der Waals surface area (Å²) in [6.45, 7) is -0.266. The van der Waals surface area contributed by atoms with Crippen LogP contribution < -0.4 is 22.1 Å². The van der Waals surface area contributed by atoms with Crippen LogP contribution in [-0.4, -0.2) is 84.4 Å². The number of hydrogen-bond donors (Lipinski definition) is 4. The lowest BCUT2D eigenvalue weighted by Crippen LogP contribution is -2.55. The largest absolute Gasteiger partial charge is 0.445 e. The molecule has 1 aromatic heterocycles. The van der Waals surface area contributed by atoms with Crippen LogP contribution in [0.1, 0.15) is 47.5 Å². The molecule has 4 aromatic carbocycles. The second-order valence-electron chi connectivity index (χ2n) is 13.9. The van der Waals surface area contributed by atoms with Crippen LogP contribution in [0.4, 0.5) is 4.79 Å². The number of likely N-dealkylation sites (tertiary alicyclic amines) is 1. The van der Waals surface area contributed by atoms with Crippen molar-refractivity contribution in [2.75, 3.05) is 13.1 Å². The number of guanidine groups is 1. The van der Waals surface area contributed by atoms with E-state index in [9.17, 15) is 27.6 Å². The van der Waals surface area contributed by atoms with Gasteiger partial charge in [0.05, 0.1) is 16.2 Å². The number of aryl methyl sites for hydroxylation is 1. The number of aliphatic imine (C=N–C) groups is 1. The van der Waals surface area contributed by atoms with Crippen LogP contribution in [0.3, 0.4) is 0 Å². The van der Waals surface area contributed by atoms with Crippen molar-refractivity contribution in [3.05, 3.63) is 132 Å². The van der Waals surface area contributed by atoms with E-state index in [1.165, 1.54) is 17.0 Å².